The molecule has 1 saturated heterocycles. The Bertz CT molecular complexity index is 388. The van der Waals surface area contributed by atoms with Crippen molar-refractivity contribution < 1.29 is 13.2 Å². The molecule has 0 N–H and O–H groups in total. The van der Waals surface area contributed by atoms with Gasteiger partial charge in [0.15, 0.2) is 10.7 Å². The van der Waals surface area contributed by atoms with Gasteiger partial charge >= 0.3 is 0 Å². The Labute approximate surface area is 89.6 Å². The second kappa shape index (κ2) is 4.59. The van der Waals surface area contributed by atoms with E-state index in [-0.39, 0.29) is 4.90 Å². The molecule has 1 aliphatic heterocycles. The number of thiol groups is 1. The Balaban J connectivity index is 2.15. The van der Waals surface area contributed by atoms with Crippen LogP contribution in [0, 0.1) is 0 Å². The molecule has 2 heterocycles. The summed E-state index contributed by atoms with van der Waals surface area (Å²) in [5.41, 5.74) is 0. The van der Waals surface area contributed by atoms with Crippen molar-refractivity contribution in [2.24, 2.45) is 0 Å². The van der Waals surface area contributed by atoms with Gasteiger partial charge in [0.2, 0.25) is 0 Å². The normalized spacial score (nSPS) is 17.0. The third kappa shape index (κ3) is 2.45. The van der Waals surface area contributed by atoms with E-state index in [0.717, 1.165) is 18.9 Å². The maximum absolute atomic E-state index is 10.7. The summed E-state index contributed by atoms with van der Waals surface area (Å²) in [5, 5.41) is 0. The van der Waals surface area contributed by atoms with Crippen LogP contribution in [-0.2, 0) is 15.4 Å². The molecule has 1 fully saturated rings. The summed E-state index contributed by atoms with van der Waals surface area (Å²) in [5.74, 6) is 0.805. The van der Waals surface area contributed by atoms with Crippen molar-refractivity contribution in [2.45, 2.75) is 4.90 Å². The van der Waals surface area contributed by atoms with E-state index in [1.807, 2.05) is 0 Å². The van der Waals surface area contributed by atoms with Crippen molar-refractivity contribution >= 4 is 16.5 Å². The number of hydrogen-bond donors (Lipinski definition) is 1. The quantitative estimate of drug-likeness (QED) is 0.716. The topological polar surface area (TPSA) is 59.5 Å². The van der Waals surface area contributed by atoms with E-state index in [2.05, 4.69) is 9.88 Å². The molecule has 2 rings (SSSR count). The van der Waals surface area contributed by atoms with E-state index >= 15 is 0 Å². The van der Waals surface area contributed by atoms with Crippen LogP contribution >= 0.6 is 0 Å². The Morgan fingerprint density at radius 1 is 1.27 bits per heavy atom. The summed E-state index contributed by atoms with van der Waals surface area (Å²) in [6, 6.07) is 3.30. The first kappa shape index (κ1) is 10.4. The van der Waals surface area contributed by atoms with Crippen LogP contribution in [0.1, 0.15) is 0 Å². The average Bonchev–Trinajstić information content (AvgIpc) is 2.30. The van der Waals surface area contributed by atoms with Gasteiger partial charge in [-0.2, -0.15) is 0 Å². The Morgan fingerprint density at radius 3 is 2.53 bits per heavy atom. The van der Waals surface area contributed by atoms with Crippen molar-refractivity contribution in [3.05, 3.63) is 18.3 Å². The summed E-state index contributed by atoms with van der Waals surface area (Å²) >= 11 is 0. The molecule has 15 heavy (non-hydrogen) atoms. The summed E-state index contributed by atoms with van der Waals surface area (Å²) in [7, 11) is -2.53. The molecule has 0 saturated carbocycles. The number of hydrogen-bond acceptors (Lipinski definition) is 5. The first-order chi connectivity index (χ1) is 7.27. The molecule has 0 spiro atoms. The molecule has 0 bridgehead atoms. The fraction of sp³-hybridized carbons (Fsp3) is 0.444. The number of nitrogens with zero attached hydrogens (tertiary/aromatic N) is 2. The van der Waals surface area contributed by atoms with Crippen molar-refractivity contribution in [2.75, 3.05) is 31.2 Å². The fourth-order valence-corrected chi connectivity index (χ4v) is 1.81. The van der Waals surface area contributed by atoms with Crippen LogP contribution < -0.4 is 4.90 Å². The molecule has 0 aliphatic carbocycles. The van der Waals surface area contributed by atoms with Crippen LogP contribution in [-0.4, -0.2) is 39.7 Å². The number of aromatic nitrogens is 1. The first-order valence-corrected chi connectivity index (χ1v) is 5.88. The Morgan fingerprint density at radius 2 is 2.00 bits per heavy atom. The fourth-order valence-electron chi connectivity index (χ4n) is 1.47. The van der Waals surface area contributed by atoms with Crippen molar-refractivity contribution in [1.82, 2.24) is 4.98 Å². The minimum absolute atomic E-state index is 0.252. The highest BCUT2D eigenvalue weighted by Crippen LogP contribution is 2.13. The molecule has 1 aromatic heterocycles. The lowest BCUT2D eigenvalue weighted by Gasteiger charge is -2.27. The van der Waals surface area contributed by atoms with Gasteiger partial charge in [0.1, 0.15) is 5.82 Å². The highest BCUT2D eigenvalue weighted by Gasteiger charge is 2.11. The monoisotopic (exact) mass is 228 g/mol. The summed E-state index contributed by atoms with van der Waals surface area (Å²) in [6.45, 7) is 2.99. The molecule has 0 unspecified atom stereocenters. The minimum atomic E-state index is -2.53. The second-order valence-corrected chi connectivity index (χ2v) is 4.26. The van der Waals surface area contributed by atoms with Gasteiger partial charge in [-0.3, -0.25) is 0 Å². The van der Waals surface area contributed by atoms with Crippen molar-refractivity contribution in [3.8, 4) is 0 Å². The molecular weight excluding hydrogens is 216 g/mol. The van der Waals surface area contributed by atoms with E-state index in [1.54, 1.807) is 12.1 Å². The van der Waals surface area contributed by atoms with Crippen LogP contribution in [0.5, 0.6) is 0 Å². The lowest BCUT2D eigenvalue weighted by atomic mass is 10.4. The van der Waals surface area contributed by atoms with Gasteiger partial charge in [-0.05, 0) is 12.1 Å². The van der Waals surface area contributed by atoms with Crippen LogP contribution in [0.15, 0.2) is 23.2 Å². The van der Waals surface area contributed by atoms with Gasteiger partial charge in [-0.25, -0.2) is 13.4 Å². The number of pyridine rings is 1. The highest BCUT2D eigenvalue weighted by molar-refractivity contribution is 7.72. The third-order valence-electron chi connectivity index (χ3n) is 2.28. The zero-order valence-corrected chi connectivity index (χ0v) is 9.02. The molecule has 0 aromatic carbocycles. The first-order valence-electron chi connectivity index (χ1n) is 4.70. The lowest BCUT2D eigenvalue weighted by Crippen LogP contribution is -2.36. The van der Waals surface area contributed by atoms with Gasteiger partial charge in [0.25, 0.3) is 0 Å². The lowest BCUT2D eigenvalue weighted by molar-refractivity contribution is 0.122. The predicted octanol–water partition coefficient (Wildman–Crippen LogP) is -0.112. The van der Waals surface area contributed by atoms with Crippen LogP contribution in [0.4, 0.5) is 5.82 Å². The van der Waals surface area contributed by atoms with E-state index in [0.29, 0.717) is 13.2 Å². The number of rotatable bonds is 2. The maximum Gasteiger partial charge on any atom is 0.169 e. The van der Waals surface area contributed by atoms with Crippen LogP contribution in [0.2, 0.25) is 0 Å². The van der Waals surface area contributed by atoms with E-state index in [1.165, 1.54) is 6.20 Å². The third-order valence-corrected chi connectivity index (χ3v) is 2.96. The molecular formula is C9H12N2O3S. The van der Waals surface area contributed by atoms with E-state index < -0.39 is 10.7 Å². The van der Waals surface area contributed by atoms with Crippen LogP contribution in [0.25, 0.3) is 0 Å². The summed E-state index contributed by atoms with van der Waals surface area (Å²) in [4.78, 5) is 6.44. The number of anilines is 1. The van der Waals surface area contributed by atoms with Crippen molar-refractivity contribution in [3.63, 3.8) is 0 Å². The van der Waals surface area contributed by atoms with Gasteiger partial charge in [-0.1, -0.05) is 0 Å². The molecule has 0 radical (unpaired) electrons. The average molecular weight is 228 g/mol. The Hall–Kier alpha value is -1.14. The van der Waals surface area contributed by atoms with E-state index in [4.69, 9.17) is 4.74 Å². The minimum Gasteiger partial charge on any atom is -0.378 e. The smallest absolute Gasteiger partial charge is 0.169 e. The van der Waals surface area contributed by atoms with Gasteiger partial charge < -0.3 is 9.64 Å². The molecule has 0 amide bonds. The molecule has 1 aliphatic rings. The van der Waals surface area contributed by atoms with E-state index in [9.17, 15) is 8.42 Å². The molecule has 82 valence electrons. The number of morpholine rings is 1. The van der Waals surface area contributed by atoms with Crippen molar-refractivity contribution in [1.29, 1.82) is 0 Å². The molecule has 6 heteroatoms. The second-order valence-electron chi connectivity index (χ2n) is 3.23. The zero-order chi connectivity index (χ0) is 10.7. The maximum atomic E-state index is 10.7. The van der Waals surface area contributed by atoms with Gasteiger partial charge in [0, 0.05) is 19.3 Å². The Kier molecular flexibility index (Phi) is 3.17. The van der Waals surface area contributed by atoms with Crippen LogP contribution in [0.3, 0.4) is 0 Å². The molecule has 5 nitrogen and oxygen atoms in total. The number of ether oxygens (including phenoxy) is 1. The highest BCUT2D eigenvalue weighted by atomic mass is 32.2. The van der Waals surface area contributed by atoms with Gasteiger partial charge in [0.05, 0.1) is 18.1 Å². The molecule has 1 aromatic rings. The van der Waals surface area contributed by atoms with Gasteiger partial charge in [-0.15, -0.1) is 0 Å². The largest absolute Gasteiger partial charge is 0.378 e. The zero-order valence-electron chi connectivity index (χ0n) is 8.13. The standard InChI is InChI=1S/C9H12N2O3S/c12-15(13)8-1-2-9(10-7-8)11-3-5-14-6-4-11/h1-2,7,15H,3-6H2. The summed E-state index contributed by atoms with van der Waals surface area (Å²) in [6.07, 6.45) is 1.39. The predicted molar refractivity (Wildman–Crippen MR) is 55.8 cm³/mol. The molecule has 0 atom stereocenters. The SMILES string of the molecule is O=[SH](=O)c1ccc(N2CCOCC2)nc1. The summed E-state index contributed by atoms with van der Waals surface area (Å²) < 4.78 is 26.5.